The Labute approximate surface area is 91.1 Å². The fourth-order valence-electron chi connectivity index (χ4n) is 1.40. The van der Waals surface area contributed by atoms with Crippen molar-refractivity contribution in [3.05, 3.63) is 34.7 Å². The summed E-state index contributed by atoms with van der Waals surface area (Å²) in [7, 11) is 0. The second kappa shape index (κ2) is 4.65. The molecular weight excluding hydrogens is 184 g/mol. The van der Waals surface area contributed by atoms with Crippen molar-refractivity contribution in [2.24, 2.45) is 0 Å². The van der Waals surface area contributed by atoms with Crippen molar-refractivity contribution < 1.29 is 0 Å². The summed E-state index contributed by atoms with van der Waals surface area (Å²) in [5, 5.41) is 7.06. The second-order valence-corrected chi connectivity index (χ2v) is 3.78. The molecule has 0 saturated carbocycles. The first-order chi connectivity index (χ1) is 7.06. The van der Waals surface area contributed by atoms with E-state index in [0.717, 1.165) is 22.5 Å². The summed E-state index contributed by atoms with van der Waals surface area (Å²) in [5.74, 6) is 2.70. The molecule has 1 N–H and O–H groups in total. The van der Waals surface area contributed by atoms with E-state index in [4.69, 9.17) is 6.42 Å². The third-order valence-corrected chi connectivity index (χ3v) is 2.14. The van der Waals surface area contributed by atoms with Gasteiger partial charge in [-0.25, -0.2) is 0 Å². The molecule has 0 radical (unpaired) electrons. The van der Waals surface area contributed by atoms with Gasteiger partial charge in [-0.1, -0.05) is 17.6 Å². The van der Waals surface area contributed by atoms with Gasteiger partial charge < -0.3 is 0 Å². The Morgan fingerprint density at radius 2 is 2.00 bits per heavy atom. The van der Waals surface area contributed by atoms with E-state index in [1.165, 1.54) is 5.57 Å². The fraction of sp³-hybridized carbons (Fsp3) is 0.308. The van der Waals surface area contributed by atoms with Crippen LogP contribution in [0, 0.1) is 26.2 Å². The van der Waals surface area contributed by atoms with E-state index in [2.05, 4.69) is 16.1 Å². The highest BCUT2D eigenvalue weighted by atomic mass is 15.1. The van der Waals surface area contributed by atoms with Gasteiger partial charge in [0.25, 0.3) is 0 Å². The van der Waals surface area contributed by atoms with Gasteiger partial charge in [0.2, 0.25) is 0 Å². The van der Waals surface area contributed by atoms with Crippen LogP contribution in [0.3, 0.4) is 0 Å². The fourth-order valence-corrected chi connectivity index (χ4v) is 1.40. The number of aryl methyl sites for hydroxylation is 2. The smallest absolute Gasteiger partial charge is 0.0678 e. The summed E-state index contributed by atoms with van der Waals surface area (Å²) in [6, 6.07) is 0. The minimum Gasteiger partial charge on any atom is -0.282 e. The monoisotopic (exact) mass is 200 g/mol. The van der Waals surface area contributed by atoms with Crippen molar-refractivity contribution in [2.45, 2.75) is 27.7 Å². The lowest BCUT2D eigenvalue weighted by atomic mass is 10.0. The van der Waals surface area contributed by atoms with E-state index in [0.29, 0.717) is 0 Å². The van der Waals surface area contributed by atoms with Crippen LogP contribution in [0.15, 0.2) is 17.7 Å². The van der Waals surface area contributed by atoms with Gasteiger partial charge >= 0.3 is 0 Å². The number of hydrogen-bond donors (Lipinski definition) is 1. The molecule has 1 aromatic heterocycles. The van der Waals surface area contributed by atoms with Crippen LogP contribution >= 0.6 is 0 Å². The van der Waals surface area contributed by atoms with Gasteiger partial charge in [-0.05, 0) is 33.8 Å². The van der Waals surface area contributed by atoms with Crippen LogP contribution in [-0.2, 0) is 0 Å². The average Bonchev–Trinajstić information content (AvgIpc) is 2.49. The SMILES string of the molecule is C#C/C(=C\C=C(C)C)c1c(C)n[nH]c1C. The second-order valence-electron chi connectivity index (χ2n) is 3.78. The summed E-state index contributed by atoms with van der Waals surface area (Å²) in [6.45, 7) is 8.01. The summed E-state index contributed by atoms with van der Waals surface area (Å²) >= 11 is 0. The molecular formula is C13H16N2. The van der Waals surface area contributed by atoms with Gasteiger partial charge in [-0.2, -0.15) is 5.10 Å². The topological polar surface area (TPSA) is 28.7 Å². The Morgan fingerprint density at radius 1 is 1.33 bits per heavy atom. The predicted molar refractivity (Wildman–Crippen MR) is 64.3 cm³/mol. The number of allylic oxidation sites excluding steroid dienone is 4. The molecule has 0 aromatic carbocycles. The van der Waals surface area contributed by atoms with Gasteiger partial charge in [0.1, 0.15) is 0 Å². The van der Waals surface area contributed by atoms with Gasteiger partial charge in [0.15, 0.2) is 0 Å². The van der Waals surface area contributed by atoms with Crippen molar-refractivity contribution in [3.8, 4) is 12.3 Å². The van der Waals surface area contributed by atoms with Crippen LogP contribution in [0.5, 0.6) is 0 Å². The molecule has 15 heavy (non-hydrogen) atoms. The number of terminal acetylenes is 1. The van der Waals surface area contributed by atoms with Gasteiger partial charge in [0.05, 0.1) is 5.69 Å². The third-order valence-electron chi connectivity index (χ3n) is 2.14. The molecule has 0 amide bonds. The van der Waals surface area contributed by atoms with Crippen molar-refractivity contribution in [1.29, 1.82) is 0 Å². The van der Waals surface area contributed by atoms with E-state index in [1.807, 2.05) is 39.8 Å². The van der Waals surface area contributed by atoms with Crippen molar-refractivity contribution in [2.75, 3.05) is 0 Å². The molecule has 1 rings (SSSR count). The maximum Gasteiger partial charge on any atom is 0.0678 e. The summed E-state index contributed by atoms with van der Waals surface area (Å²) in [5.41, 5.74) is 5.09. The predicted octanol–water partition coefficient (Wildman–Crippen LogP) is 3.01. The molecule has 1 aromatic rings. The van der Waals surface area contributed by atoms with E-state index in [-0.39, 0.29) is 0 Å². The van der Waals surface area contributed by atoms with Crippen LogP contribution in [0.4, 0.5) is 0 Å². The van der Waals surface area contributed by atoms with Crippen LogP contribution < -0.4 is 0 Å². The standard InChI is InChI=1S/C13H16N2/c1-6-12(8-7-9(2)3)13-10(4)14-15-11(13)5/h1,7-8H,2-5H3,(H,14,15)/b12-8+. The first-order valence-corrected chi connectivity index (χ1v) is 4.90. The van der Waals surface area contributed by atoms with Crippen molar-refractivity contribution in [3.63, 3.8) is 0 Å². The molecule has 1 heterocycles. The Balaban J connectivity index is 3.21. The van der Waals surface area contributed by atoms with Gasteiger partial charge in [-0.3, -0.25) is 5.10 Å². The molecule has 0 aliphatic carbocycles. The number of nitrogens with one attached hydrogen (secondary N) is 1. The zero-order chi connectivity index (χ0) is 11.4. The molecule has 2 nitrogen and oxygen atoms in total. The normalized spacial score (nSPS) is 11.0. The minimum absolute atomic E-state index is 0.875. The summed E-state index contributed by atoms with van der Waals surface area (Å²) in [6.07, 6.45) is 9.47. The molecule has 0 fully saturated rings. The lowest BCUT2D eigenvalue weighted by molar-refractivity contribution is 1.02. The third kappa shape index (κ3) is 2.60. The first kappa shape index (κ1) is 11.3. The Bertz CT molecular complexity index is 430. The number of rotatable bonds is 2. The Kier molecular flexibility index (Phi) is 3.51. The van der Waals surface area contributed by atoms with Crippen LogP contribution in [0.2, 0.25) is 0 Å². The molecule has 0 bridgehead atoms. The van der Waals surface area contributed by atoms with Crippen LogP contribution in [0.25, 0.3) is 5.57 Å². The summed E-state index contributed by atoms with van der Waals surface area (Å²) in [4.78, 5) is 0. The number of nitrogens with zero attached hydrogens (tertiary/aromatic N) is 1. The van der Waals surface area contributed by atoms with Gasteiger partial charge in [0, 0.05) is 16.8 Å². The molecule has 0 atom stereocenters. The van der Waals surface area contributed by atoms with Crippen molar-refractivity contribution in [1.82, 2.24) is 10.2 Å². The van der Waals surface area contributed by atoms with E-state index in [9.17, 15) is 0 Å². The molecule has 0 unspecified atom stereocenters. The molecule has 0 aliphatic rings. The Morgan fingerprint density at radius 3 is 2.40 bits per heavy atom. The number of aromatic amines is 1. The van der Waals surface area contributed by atoms with Gasteiger partial charge in [-0.15, -0.1) is 6.42 Å². The van der Waals surface area contributed by atoms with Crippen LogP contribution in [0.1, 0.15) is 30.8 Å². The number of hydrogen-bond acceptors (Lipinski definition) is 1. The van der Waals surface area contributed by atoms with E-state index in [1.54, 1.807) is 0 Å². The number of aromatic nitrogens is 2. The largest absolute Gasteiger partial charge is 0.282 e. The quantitative estimate of drug-likeness (QED) is 0.577. The highest BCUT2D eigenvalue weighted by molar-refractivity contribution is 5.81. The van der Waals surface area contributed by atoms with E-state index >= 15 is 0 Å². The maximum absolute atomic E-state index is 5.50. The first-order valence-electron chi connectivity index (χ1n) is 4.90. The maximum atomic E-state index is 5.50. The lowest BCUT2D eigenvalue weighted by Gasteiger charge is -1.98. The Hall–Kier alpha value is -1.75. The van der Waals surface area contributed by atoms with Crippen molar-refractivity contribution >= 4 is 5.57 Å². The lowest BCUT2D eigenvalue weighted by Crippen LogP contribution is -1.85. The number of H-pyrrole nitrogens is 1. The molecule has 0 aliphatic heterocycles. The molecule has 0 saturated heterocycles. The molecule has 78 valence electrons. The minimum atomic E-state index is 0.875. The zero-order valence-electron chi connectivity index (χ0n) is 9.68. The average molecular weight is 200 g/mol. The van der Waals surface area contributed by atoms with Crippen LogP contribution in [-0.4, -0.2) is 10.2 Å². The highest BCUT2D eigenvalue weighted by Crippen LogP contribution is 2.20. The zero-order valence-corrected chi connectivity index (χ0v) is 9.68. The molecule has 2 heteroatoms. The molecule has 0 spiro atoms. The highest BCUT2D eigenvalue weighted by Gasteiger charge is 2.08. The summed E-state index contributed by atoms with van der Waals surface area (Å²) < 4.78 is 0. The van der Waals surface area contributed by atoms with E-state index < -0.39 is 0 Å².